The van der Waals surface area contributed by atoms with Crippen molar-refractivity contribution in [3.8, 4) is 0 Å². The summed E-state index contributed by atoms with van der Waals surface area (Å²) in [6, 6.07) is 0.598. The van der Waals surface area contributed by atoms with Crippen LogP contribution in [0.25, 0.3) is 0 Å². The van der Waals surface area contributed by atoms with Gasteiger partial charge in [-0.3, -0.25) is 0 Å². The van der Waals surface area contributed by atoms with Crippen molar-refractivity contribution in [2.45, 2.75) is 52.5 Å². The molecule has 0 bridgehead atoms. The van der Waals surface area contributed by atoms with E-state index in [1.54, 1.807) is 0 Å². The van der Waals surface area contributed by atoms with E-state index in [0.29, 0.717) is 12.0 Å². The van der Waals surface area contributed by atoms with Crippen molar-refractivity contribution in [1.82, 2.24) is 5.32 Å². The first-order valence-corrected chi connectivity index (χ1v) is 7.16. The quantitative estimate of drug-likeness (QED) is 0.688. The summed E-state index contributed by atoms with van der Waals surface area (Å²) in [4.78, 5) is 0. The monoisotopic (exact) mass is 239 g/mol. The molecule has 0 aromatic heterocycles. The number of hydrogen-bond donors (Lipinski definition) is 1. The van der Waals surface area contributed by atoms with Gasteiger partial charge in [-0.25, -0.2) is 0 Å². The molecule has 3 unspecified atom stereocenters. The lowest BCUT2D eigenvalue weighted by Gasteiger charge is -2.36. The number of hydrogen-bond acceptors (Lipinski definition) is 2. The molecular weight excluding hydrogens is 210 g/mol. The molecule has 1 N–H and O–H groups in total. The summed E-state index contributed by atoms with van der Waals surface area (Å²) in [6.45, 7) is 13.9. The normalized spacial score (nSPS) is 26.8. The predicted octanol–water partition coefficient (Wildman–Crippen LogP) is 3.38. The lowest BCUT2D eigenvalue weighted by molar-refractivity contribution is 0.0109. The third kappa shape index (κ3) is 4.81. The Kier molecular flexibility index (Phi) is 6.83. The fraction of sp³-hybridized carbons (Fsp3) is 0.867. The molecule has 17 heavy (non-hydrogen) atoms. The van der Waals surface area contributed by atoms with Crippen LogP contribution < -0.4 is 5.32 Å². The molecule has 3 atom stereocenters. The molecule has 1 saturated heterocycles. The maximum Gasteiger partial charge on any atom is 0.0494 e. The first kappa shape index (κ1) is 14.7. The first-order valence-electron chi connectivity index (χ1n) is 7.16. The zero-order valence-corrected chi connectivity index (χ0v) is 11.8. The molecule has 0 aromatic rings. The third-order valence-electron chi connectivity index (χ3n) is 3.89. The number of rotatable bonds is 7. The summed E-state index contributed by atoms with van der Waals surface area (Å²) in [5.74, 6) is 1.42. The van der Waals surface area contributed by atoms with Crippen LogP contribution >= 0.6 is 0 Å². The van der Waals surface area contributed by atoms with Crippen molar-refractivity contribution in [1.29, 1.82) is 0 Å². The molecular formula is C15H29NO. The largest absolute Gasteiger partial charge is 0.381 e. The van der Waals surface area contributed by atoms with Gasteiger partial charge in [0.05, 0.1) is 0 Å². The van der Waals surface area contributed by atoms with Crippen molar-refractivity contribution in [2.24, 2.45) is 11.8 Å². The number of ether oxygens (including phenoxy) is 1. The van der Waals surface area contributed by atoms with E-state index in [9.17, 15) is 0 Å². The smallest absolute Gasteiger partial charge is 0.0494 e. The van der Waals surface area contributed by atoms with Crippen LogP contribution in [-0.2, 0) is 4.74 Å². The molecule has 0 aromatic carbocycles. The van der Waals surface area contributed by atoms with E-state index in [-0.39, 0.29) is 0 Å². The highest BCUT2D eigenvalue weighted by molar-refractivity contribution is 4.99. The minimum absolute atomic E-state index is 0.598. The Morgan fingerprint density at radius 2 is 2.24 bits per heavy atom. The second-order valence-corrected chi connectivity index (χ2v) is 5.37. The Bertz CT molecular complexity index is 227. The minimum atomic E-state index is 0.598. The van der Waals surface area contributed by atoms with E-state index in [1.165, 1.54) is 18.4 Å². The van der Waals surface area contributed by atoms with E-state index >= 15 is 0 Å². The molecule has 1 rings (SSSR count). The Balaban J connectivity index is 2.56. The van der Waals surface area contributed by atoms with Crippen LogP contribution in [0.5, 0.6) is 0 Å². The molecule has 1 fully saturated rings. The van der Waals surface area contributed by atoms with Crippen molar-refractivity contribution < 1.29 is 4.74 Å². The summed E-state index contributed by atoms with van der Waals surface area (Å²) in [7, 11) is 0. The summed E-state index contributed by atoms with van der Waals surface area (Å²) >= 11 is 0. The highest BCUT2D eigenvalue weighted by Gasteiger charge is 2.29. The van der Waals surface area contributed by atoms with Gasteiger partial charge in [0.2, 0.25) is 0 Å². The SMILES string of the molecule is C=C(CC)CC(NCCC)C1CCOCC1C. The average molecular weight is 239 g/mol. The van der Waals surface area contributed by atoms with Gasteiger partial charge in [-0.05, 0) is 44.1 Å². The van der Waals surface area contributed by atoms with Crippen molar-refractivity contribution in [3.05, 3.63) is 12.2 Å². The van der Waals surface area contributed by atoms with Crippen LogP contribution in [-0.4, -0.2) is 25.8 Å². The van der Waals surface area contributed by atoms with Gasteiger partial charge in [0, 0.05) is 19.3 Å². The molecule has 0 saturated carbocycles. The van der Waals surface area contributed by atoms with E-state index < -0.39 is 0 Å². The van der Waals surface area contributed by atoms with Gasteiger partial charge in [0.1, 0.15) is 0 Å². The first-order chi connectivity index (χ1) is 8.19. The van der Waals surface area contributed by atoms with Gasteiger partial charge >= 0.3 is 0 Å². The third-order valence-corrected chi connectivity index (χ3v) is 3.89. The fourth-order valence-electron chi connectivity index (χ4n) is 2.65. The van der Waals surface area contributed by atoms with E-state index in [1.807, 2.05) is 0 Å². The standard InChI is InChI=1S/C15H29NO/c1-5-8-16-15(10-12(3)6-2)14-7-9-17-11-13(14)4/h13-16H,3,5-11H2,1-2,4H3. The Morgan fingerprint density at radius 1 is 1.47 bits per heavy atom. The van der Waals surface area contributed by atoms with Gasteiger partial charge in [-0.1, -0.05) is 32.9 Å². The summed E-state index contributed by atoms with van der Waals surface area (Å²) in [5.41, 5.74) is 1.37. The maximum absolute atomic E-state index is 5.55. The molecule has 0 spiro atoms. The van der Waals surface area contributed by atoms with Gasteiger partial charge in [-0.2, -0.15) is 0 Å². The summed E-state index contributed by atoms with van der Waals surface area (Å²) in [5, 5.41) is 3.72. The van der Waals surface area contributed by atoms with Crippen molar-refractivity contribution in [3.63, 3.8) is 0 Å². The van der Waals surface area contributed by atoms with Gasteiger partial charge in [-0.15, -0.1) is 0 Å². The molecule has 1 aliphatic rings. The molecule has 0 radical (unpaired) electrons. The van der Waals surface area contributed by atoms with Crippen LogP contribution in [0.1, 0.15) is 46.5 Å². The topological polar surface area (TPSA) is 21.3 Å². The molecule has 2 nitrogen and oxygen atoms in total. The Hall–Kier alpha value is -0.340. The Morgan fingerprint density at radius 3 is 2.82 bits per heavy atom. The van der Waals surface area contributed by atoms with Crippen LogP contribution in [0.2, 0.25) is 0 Å². The second kappa shape index (κ2) is 7.88. The van der Waals surface area contributed by atoms with Crippen LogP contribution in [0, 0.1) is 11.8 Å². The molecule has 0 amide bonds. The van der Waals surface area contributed by atoms with Gasteiger partial charge in [0.15, 0.2) is 0 Å². The van der Waals surface area contributed by atoms with Gasteiger partial charge in [0.25, 0.3) is 0 Å². The van der Waals surface area contributed by atoms with E-state index in [0.717, 1.165) is 38.5 Å². The van der Waals surface area contributed by atoms with E-state index in [4.69, 9.17) is 4.74 Å². The average Bonchev–Trinajstić information content (AvgIpc) is 2.35. The molecule has 1 heterocycles. The van der Waals surface area contributed by atoms with E-state index in [2.05, 4.69) is 32.7 Å². The molecule has 100 valence electrons. The fourth-order valence-corrected chi connectivity index (χ4v) is 2.65. The highest BCUT2D eigenvalue weighted by Crippen LogP contribution is 2.28. The lowest BCUT2D eigenvalue weighted by Crippen LogP contribution is -2.43. The highest BCUT2D eigenvalue weighted by atomic mass is 16.5. The van der Waals surface area contributed by atoms with Gasteiger partial charge < -0.3 is 10.1 Å². The minimum Gasteiger partial charge on any atom is -0.381 e. The maximum atomic E-state index is 5.55. The zero-order valence-electron chi connectivity index (χ0n) is 11.8. The molecule has 0 aliphatic carbocycles. The summed E-state index contributed by atoms with van der Waals surface area (Å²) < 4.78 is 5.55. The Labute approximate surface area is 107 Å². The molecule has 2 heteroatoms. The van der Waals surface area contributed by atoms with Crippen LogP contribution in [0.3, 0.4) is 0 Å². The van der Waals surface area contributed by atoms with Crippen molar-refractivity contribution >= 4 is 0 Å². The zero-order chi connectivity index (χ0) is 12.7. The number of nitrogens with one attached hydrogen (secondary N) is 1. The molecule has 1 aliphatic heterocycles. The summed E-state index contributed by atoms with van der Waals surface area (Å²) in [6.07, 6.45) is 4.62. The predicted molar refractivity (Wildman–Crippen MR) is 74.2 cm³/mol. The second-order valence-electron chi connectivity index (χ2n) is 5.37. The van der Waals surface area contributed by atoms with Crippen LogP contribution in [0.4, 0.5) is 0 Å². The van der Waals surface area contributed by atoms with Crippen LogP contribution in [0.15, 0.2) is 12.2 Å². The lowest BCUT2D eigenvalue weighted by atomic mass is 9.81. The van der Waals surface area contributed by atoms with Crippen molar-refractivity contribution in [2.75, 3.05) is 19.8 Å².